The quantitative estimate of drug-likeness (QED) is 0.507. The number of pyridine rings is 1. The molecule has 0 spiro atoms. The van der Waals surface area contributed by atoms with E-state index in [-0.39, 0.29) is 5.69 Å². The summed E-state index contributed by atoms with van der Waals surface area (Å²) in [4.78, 5) is 17.3. The van der Waals surface area contributed by atoms with Crippen LogP contribution in [0, 0.1) is 6.92 Å². The van der Waals surface area contributed by atoms with Gasteiger partial charge in [0.25, 0.3) is 0 Å². The van der Waals surface area contributed by atoms with E-state index < -0.39 is 0 Å². The summed E-state index contributed by atoms with van der Waals surface area (Å²) in [5.41, 5.74) is 5.26. The molecular weight excluding hydrogens is 418 g/mol. The van der Waals surface area contributed by atoms with Crippen molar-refractivity contribution in [3.8, 4) is 22.6 Å². The number of methoxy groups -OCH3 is 2. The Balaban J connectivity index is 1.64. The number of aryl methyl sites for hydroxylation is 1. The molecule has 1 N–H and O–H groups in total. The van der Waals surface area contributed by atoms with Gasteiger partial charge in [0.2, 0.25) is 0 Å². The first kappa shape index (κ1) is 21.5. The molecule has 1 fully saturated rings. The maximum atomic E-state index is 12.5. The van der Waals surface area contributed by atoms with E-state index in [0.717, 1.165) is 77.4 Å². The lowest BCUT2D eigenvalue weighted by molar-refractivity contribution is 0.147. The average Bonchev–Trinajstić information content (AvgIpc) is 3.20. The van der Waals surface area contributed by atoms with Crippen molar-refractivity contribution in [2.75, 3.05) is 47.4 Å². The fraction of sp³-hybridized carbons (Fsp3) is 0.360. The van der Waals surface area contributed by atoms with E-state index in [2.05, 4.69) is 33.1 Å². The molecule has 1 aliphatic rings. The summed E-state index contributed by atoms with van der Waals surface area (Å²) < 4.78 is 13.1. The van der Waals surface area contributed by atoms with Gasteiger partial charge in [0.1, 0.15) is 11.5 Å². The zero-order chi connectivity index (χ0) is 23.1. The van der Waals surface area contributed by atoms with Crippen LogP contribution in [0.25, 0.3) is 27.7 Å². The molecule has 0 bridgehead atoms. The highest BCUT2D eigenvalue weighted by atomic mass is 16.5. The van der Waals surface area contributed by atoms with E-state index >= 15 is 0 Å². The molecule has 0 radical (unpaired) electrons. The van der Waals surface area contributed by atoms with Gasteiger partial charge in [-0.25, -0.2) is 14.3 Å². The van der Waals surface area contributed by atoms with Crippen LogP contribution in [-0.2, 0) is 6.54 Å². The Bertz CT molecular complexity index is 1380. The van der Waals surface area contributed by atoms with Crippen molar-refractivity contribution in [3.05, 3.63) is 58.0 Å². The normalized spacial score (nSPS) is 15.4. The number of likely N-dealkylation sites (N-methyl/N-ethyl adjacent to an activating group) is 1. The Labute approximate surface area is 192 Å². The molecule has 8 nitrogen and oxygen atoms in total. The maximum Gasteiger partial charge on any atom is 0.348 e. The fourth-order valence-corrected chi connectivity index (χ4v) is 4.69. The van der Waals surface area contributed by atoms with Gasteiger partial charge >= 0.3 is 5.69 Å². The molecule has 4 aromatic rings. The van der Waals surface area contributed by atoms with Gasteiger partial charge in [0, 0.05) is 49.2 Å². The summed E-state index contributed by atoms with van der Waals surface area (Å²) in [5, 5.41) is 7.66. The molecule has 2 aromatic carbocycles. The Morgan fingerprint density at radius 1 is 1.00 bits per heavy atom. The van der Waals surface area contributed by atoms with E-state index in [4.69, 9.17) is 9.47 Å². The molecule has 0 atom stereocenters. The monoisotopic (exact) mass is 447 g/mol. The first-order valence-electron chi connectivity index (χ1n) is 11.1. The Kier molecular flexibility index (Phi) is 5.55. The van der Waals surface area contributed by atoms with Gasteiger partial charge in [-0.15, -0.1) is 0 Å². The highest BCUT2D eigenvalue weighted by molar-refractivity contribution is 5.92. The SMILES string of the molecule is COc1ccc(-c2cc3c(cc2OC)c(C)cc2n[nH]c(=O)n23)cc1CN1CCN(C)CC1. The third-order valence-corrected chi connectivity index (χ3v) is 6.61. The molecule has 1 saturated heterocycles. The third-order valence-electron chi connectivity index (χ3n) is 6.61. The van der Waals surface area contributed by atoms with E-state index in [0.29, 0.717) is 5.65 Å². The van der Waals surface area contributed by atoms with Crippen molar-refractivity contribution < 1.29 is 9.47 Å². The first-order chi connectivity index (χ1) is 16.0. The maximum absolute atomic E-state index is 12.5. The number of nitrogens with one attached hydrogen (secondary N) is 1. The lowest BCUT2D eigenvalue weighted by atomic mass is 9.98. The highest BCUT2D eigenvalue weighted by Crippen LogP contribution is 2.37. The Morgan fingerprint density at radius 3 is 2.48 bits per heavy atom. The van der Waals surface area contributed by atoms with E-state index in [1.54, 1.807) is 18.6 Å². The van der Waals surface area contributed by atoms with E-state index in [9.17, 15) is 4.79 Å². The van der Waals surface area contributed by atoms with Crippen molar-refractivity contribution in [1.82, 2.24) is 24.4 Å². The molecular formula is C25H29N5O3. The number of hydrogen-bond acceptors (Lipinski definition) is 6. The molecule has 0 aliphatic carbocycles. The van der Waals surface area contributed by atoms with Crippen molar-refractivity contribution >= 4 is 16.6 Å². The van der Waals surface area contributed by atoms with Gasteiger partial charge in [-0.1, -0.05) is 6.07 Å². The summed E-state index contributed by atoms with van der Waals surface area (Å²) in [6, 6.07) is 12.2. The molecule has 33 heavy (non-hydrogen) atoms. The van der Waals surface area contributed by atoms with Crippen molar-refractivity contribution in [1.29, 1.82) is 0 Å². The predicted molar refractivity (Wildman–Crippen MR) is 129 cm³/mol. The molecule has 5 rings (SSSR count). The second-order valence-corrected chi connectivity index (χ2v) is 8.73. The molecule has 2 aromatic heterocycles. The predicted octanol–water partition coefficient (Wildman–Crippen LogP) is 2.92. The number of aromatic nitrogens is 3. The number of fused-ring (bicyclic) bond motifs is 3. The van der Waals surface area contributed by atoms with Crippen molar-refractivity contribution in [3.63, 3.8) is 0 Å². The number of rotatable bonds is 5. The number of piperazine rings is 1. The van der Waals surface area contributed by atoms with Crippen molar-refractivity contribution in [2.45, 2.75) is 13.5 Å². The standard InChI is InChI=1S/C25H29N5O3/c1-16-11-24-26-27-25(31)30(24)21-13-20(23(33-4)14-19(16)21)17-5-6-22(32-3)18(12-17)15-29-9-7-28(2)8-10-29/h5-6,11-14H,7-10,15H2,1-4H3,(H,27,31). The van der Waals surface area contributed by atoms with Gasteiger partial charge < -0.3 is 14.4 Å². The molecule has 0 amide bonds. The topological polar surface area (TPSA) is 75.1 Å². The van der Waals surface area contributed by atoms with Crippen LogP contribution in [0.2, 0.25) is 0 Å². The summed E-state index contributed by atoms with van der Waals surface area (Å²) in [7, 11) is 5.55. The number of H-pyrrole nitrogens is 1. The van der Waals surface area contributed by atoms with Crippen LogP contribution in [0.1, 0.15) is 11.1 Å². The molecule has 0 unspecified atom stereocenters. The minimum absolute atomic E-state index is 0.253. The van der Waals surface area contributed by atoms with Crippen LogP contribution in [-0.4, -0.2) is 71.8 Å². The van der Waals surface area contributed by atoms with Crippen LogP contribution in [0.15, 0.2) is 41.2 Å². The van der Waals surface area contributed by atoms with Crippen LogP contribution in [0.4, 0.5) is 0 Å². The number of benzene rings is 2. The minimum Gasteiger partial charge on any atom is -0.496 e. The zero-order valence-electron chi connectivity index (χ0n) is 19.5. The lowest BCUT2D eigenvalue weighted by Crippen LogP contribution is -2.43. The average molecular weight is 448 g/mol. The first-order valence-corrected chi connectivity index (χ1v) is 11.1. The summed E-state index contributed by atoms with van der Waals surface area (Å²) in [6.07, 6.45) is 0. The molecule has 8 heteroatoms. The van der Waals surface area contributed by atoms with E-state index in [1.807, 2.05) is 37.3 Å². The number of ether oxygens (including phenoxy) is 2. The van der Waals surface area contributed by atoms with Crippen LogP contribution in [0.5, 0.6) is 11.5 Å². The number of aromatic amines is 1. The second kappa shape index (κ2) is 8.53. The molecule has 3 heterocycles. The zero-order valence-corrected chi connectivity index (χ0v) is 19.5. The summed E-state index contributed by atoms with van der Waals surface area (Å²) >= 11 is 0. The Morgan fingerprint density at radius 2 is 1.76 bits per heavy atom. The van der Waals surface area contributed by atoms with Crippen LogP contribution < -0.4 is 15.2 Å². The third kappa shape index (κ3) is 3.85. The summed E-state index contributed by atoms with van der Waals surface area (Å²) in [5.74, 6) is 1.64. The molecule has 0 saturated carbocycles. The van der Waals surface area contributed by atoms with Gasteiger partial charge in [-0.05, 0) is 55.4 Å². The van der Waals surface area contributed by atoms with Crippen LogP contribution in [0.3, 0.4) is 0 Å². The lowest BCUT2D eigenvalue weighted by Gasteiger charge is -2.32. The second-order valence-electron chi connectivity index (χ2n) is 8.73. The van der Waals surface area contributed by atoms with Gasteiger partial charge in [-0.3, -0.25) is 4.90 Å². The van der Waals surface area contributed by atoms with Gasteiger partial charge in [-0.2, -0.15) is 5.10 Å². The fourth-order valence-electron chi connectivity index (χ4n) is 4.69. The van der Waals surface area contributed by atoms with Crippen LogP contribution >= 0.6 is 0 Å². The van der Waals surface area contributed by atoms with E-state index in [1.165, 1.54) is 0 Å². The van der Waals surface area contributed by atoms with Gasteiger partial charge in [0.05, 0.1) is 19.7 Å². The van der Waals surface area contributed by atoms with Crippen molar-refractivity contribution in [2.24, 2.45) is 0 Å². The molecule has 172 valence electrons. The Hall–Kier alpha value is -3.36. The number of nitrogens with zero attached hydrogens (tertiary/aromatic N) is 4. The summed E-state index contributed by atoms with van der Waals surface area (Å²) in [6.45, 7) is 7.03. The number of hydrogen-bond donors (Lipinski definition) is 1. The minimum atomic E-state index is -0.253. The smallest absolute Gasteiger partial charge is 0.348 e. The highest BCUT2D eigenvalue weighted by Gasteiger charge is 2.18. The largest absolute Gasteiger partial charge is 0.496 e. The molecule has 1 aliphatic heterocycles. The van der Waals surface area contributed by atoms with Gasteiger partial charge in [0.15, 0.2) is 5.65 Å².